The van der Waals surface area contributed by atoms with Gasteiger partial charge in [-0.25, -0.2) is 0 Å². The lowest BCUT2D eigenvalue weighted by molar-refractivity contribution is -0.120. The molecule has 88 valence electrons. The molecule has 0 saturated carbocycles. The van der Waals surface area contributed by atoms with Crippen LogP contribution in [0.5, 0.6) is 0 Å². The lowest BCUT2D eigenvalue weighted by Gasteiger charge is -2.22. The van der Waals surface area contributed by atoms with E-state index in [-0.39, 0.29) is 11.8 Å². The topological polar surface area (TPSA) is 64.9 Å². The molecule has 4 nitrogen and oxygen atoms in total. The van der Waals surface area contributed by atoms with Crippen LogP contribution >= 0.6 is 0 Å². The Balaban J connectivity index is 2.05. The van der Waals surface area contributed by atoms with E-state index in [1.165, 1.54) is 0 Å². The maximum atomic E-state index is 12.0. The molecule has 4 heteroatoms. The molecular weight excluding hydrogens is 214 g/mol. The zero-order valence-electron chi connectivity index (χ0n) is 9.57. The van der Waals surface area contributed by atoms with Gasteiger partial charge in [0.15, 0.2) is 0 Å². The molecule has 0 radical (unpaired) electrons. The molecular formula is C13H15N3O. The van der Waals surface area contributed by atoms with Gasteiger partial charge < -0.3 is 10.6 Å². The van der Waals surface area contributed by atoms with Crippen LogP contribution in [-0.4, -0.2) is 19.0 Å². The molecule has 1 aliphatic rings. The second-order valence-electron chi connectivity index (χ2n) is 4.19. The smallest absolute Gasteiger partial charge is 0.228 e. The largest absolute Gasteiger partial charge is 0.325 e. The number of carbonyl (C=O) groups excluding carboxylic acids is 1. The summed E-state index contributed by atoms with van der Waals surface area (Å²) in [6, 6.07) is 9.14. The number of amides is 1. The van der Waals surface area contributed by atoms with Crippen LogP contribution in [0.2, 0.25) is 0 Å². The number of rotatable bonds is 2. The maximum absolute atomic E-state index is 12.0. The van der Waals surface area contributed by atoms with E-state index in [2.05, 4.69) is 16.7 Å². The summed E-state index contributed by atoms with van der Waals surface area (Å²) in [4.78, 5) is 12.0. The van der Waals surface area contributed by atoms with Gasteiger partial charge >= 0.3 is 0 Å². The number of anilines is 1. The number of piperidine rings is 1. The van der Waals surface area contributed by atoms with E-state index in [9.17, 15) is 4.79 Å². The molecule has 1 unspecified atom stereocenters. The minimum Gasteiger partial charge on any atom is -0.325 e. The van der Waals surface area contributed by atoms with Gasteiger partial charge in [-0.3, -0.25) is 4.79 Å². The minimum atomic E-state index is -0.0000926. The van der Waals surface area contributed by atoms with Gasteiger partial charge in [-0.1, -0.05) is 12.1 Å². The van der Waals surface area contributed by atoms with Gasteiger partial charge in [-0.05, 0) is 31.5 Å². The molecule has 0 spiro atoms. The van der Waals surface area contributed by atoms with Crippen LogP contribution in [-0.2, 0) is 4.79 Å². The summed E-state index contributed by atoms with van der Waals surface area (Å²) in [6.45, 7) is 1.71. The lowest BCUT2D eigenvalue weighted by Crippen LogP contribution is -2.37. The SMILES string of the molecule is N#Cc1ccccc1NC(=O)C1CCCNC1. The molecule has 0 aromatic heterocycles. The number of carbonyl (C=O) groups is 1. The first-order valence-corrected chi connectivity index (χ1v) is 5.82. The van der Waals surface area contributed by atoms with Crippen LogP contribution in [0.1, 0.15) is 18.4 Å². The van der Waals surface area contributed by atoms with Crippen LogP contribution in [0, 0.1) is 17.2 Å². The van der Waals surface area contributed by atoms with Gasteiger partial charge in [0.1, 0.15) is 6.07 Å². The van der Waals surface area contributed by atoms with Crippen molar-refractivity contribution in [1.29, 1.82) is 5.26 Å². The number of nitriles is 1. The summed E-state index contributed by atoms with van der Waals surface area (Å²) in [5.74, 6) is 0.00963. The van der Waals surface area contributed by atoms with E-state index in [1.807, 2.05) is 6.07 Å². The average Bonchev–Trinajstić information content (AvgIpc) is 2.40. The first-order chi connectivity index (χ1) is 8.31. The zero-order valence-corrected chi connectivity index (χ0v) is 9.57. The van der Waals surface area contributed by atoms with Gasteiger partial charge in [-0.15, -0.1) is 0 Å². The van der Waals surface area contributed by atoms with Crippen molar-refractivity contribution < 1.29 is 4.79 Å². The normalized spacial score (nSPS) is 19.4. The molecule has 1 aliphatic heterocycles. The Bertz CT molecular complexity index is 444. The van der Waals surface area contributed by atoms with E-state index in [4.69, 9.17) is 5.26 Å². The second kappa shape index (κ2) is 5.46. The van der Waals surface area contributed by atoms with E-state index < -0.39 is 0 Å². The highest BCUT2D eigenvalue weighted by atomic mass is 16.1. The standard InChI is InChI=1S/C13H15N3O/c14-8-10-4-1-2-6-12(10)16-13(17)11-5-3-7-15-9-11/h1-2,4,6,11,15H,3,5,7,9H2,(H,16,17). The van der Waals surface area contributed by atoms with Crippen LogP contribution in [0.4, 0.5) is 5.69 Å². The Hall–Kier alpha value is -1.86. The molecule has 0 bridgehead atoms. The summed E-state index contributed by atoms with van der Waals surface area (Å²) in [6.07, 6.45) is 1.94. The monoisotopic (exact) mass is 229 g/mol. The summed E-state index contributed by atoms with van der Waals surface area (Å²) in [5.41, 5.74) is 1.11. The third-order valence-electron chi connectivity index (χ3n) is 2.97. The molecule has 1 aromatic rings. The number of hydrogen-bond acceptors (Lipinski definition) is 3. The highest BCUT2D eigenvalue weighted by Gasteiger charge is 2.21. The molecule has 1 fully saturated rings. The first kappa shape index (κ1) is 11.6. The van der Waals surface area contributed by atoms with Crippen molar-refractivity contribution in [2.75, 3.05) is 18.4 Å². The van der Waals surface area contributed by atoms with E-state index >= 15 is 0 Å². The van der Waals surface area contributed by atoms with E-state index in [1.54, 1.807) is 18.2 Å². The fourth-order valence-electron chi connectivity index (χ4n) is 2.00. The summed E-state index contributed by atoms with van der Waals surface area (Å²) < 4.78 is 0. The van der Waals surface area contributed by atoms with Crippen molar-refractivity contribution in [3.63, 3.8) is 0 Å². The van der Waals surface area contributed by atoms with Gasteiger partial charge in [0.05, 0.1) is 17.2 Å². The molecule has 0 aliphatic carbocycles. The minimum absolute atomic E-state index is 0.0000926. The van der Waals surface area contributed by atoms with Crippen molar-refractivity contribution in [1.82, 2.24) is 5.32 Å². The predicted molar refractivity (Wildman–Crippen MR) is 65.4 cm³/mol. The van der Waals surface area contributed by atoms with Crippen molar-refractivity contribution in [3.8, 4) is 6.07 Å². The van der Waals surface area contributed by atoms with Crippen LogP contribution < -0.4 is 10.6 Å². The second-order valence-corrected chi connectivity index (χ2v) is 4.19. The van der Waals surface area contributed by atoms with Gasteiger partial charge in [0.2, 0.25) is 5.91 Å². The number of nitrogens with one attached hydrogen (secondary N) is 2. The van der Waals surface area contributed by atoms with Gasteiger partial charge in [0.25, 0.3) is 0 Å². The van der Waals surface area contributed by atoms with Gasteiger partial charge in [-0.2, -0.15) is 5.26 Å². The molecule has 1 aromatic carbocycles. The number of nitrogens with zero attached hydrogens (tertiary/aromatic N) is 1. The third kappa shape index (κ3) is 2.83. The zero-order chi connectivity index (χ0) is 12.1. The summed E-state index contributed by atoms with van der Waals surface area (Å²) in [5, 5.41) is 15.0. The van der Waals surface area contributed by atoms with Gasteiger partial charge in [0, 0.05) is 6.54 Å². The molecule has 17 heavy (non-hydrogen) atoms. The van der Waals surface area contributed by atoms with Crippen molar-refractivity contribution in [2.45, 2.75) is 12.8 Å². The van der Waals surface area contributed by atoms with E-state index in [0.29, 0.717) is 11.3 Å². The lowest BCUT2D eigenvalue weighted by atomic mass is 9.98. The molecule has 2 rings (SSSR count). The Morgan fingerprint density at radius 2 is 2.29 bits per heavy atom. The van der Waals surface area contributed by atoms with Crippen molar-refractivity contribution in [3.05, 3.63) is 29.8 Å². The van der Waals surface area contributed by atoms with Crippen LogP contribution in [0.3, 0.4) is 0 Å². The van der Waals surface area contributed by atoms with Crippen molar-refractivity contribution in [2.24, 2.45) is 5.92 Å². The number of para-hydroxylation sites is 1. The number of benzene rings is 1. The Kier molecular flexibility index (Phi) is 3.73. The summed E-state index contributed by atoms with van der Waals surface area (Å²) >= 11 is 0. The summed E-state index contributed by atoms with van der Waals surface area (Å²) in [7, 11) is 0. The Labute approximate surface area is 101 Å². The molecule has 1 saturated heterocycles. The number of hydrogen-bond donors (Lipinski definition) is 2. The molecule has 1 amide bonds. The van der Waals surface area contributed by atoms with Crippen molar-refractivity contribution >= 4 is 11.6 Å². The fourth-order valence-corrected chi connectivity index (χ4v) is 2.00. The highest BCUT2D eigenvalue weighted by molar-refractivity contribution is 5.94. The van der Waals surface area contributed by atoms with Crippen LogP contribution in [0.25, 0.3) is 0 Å². The molecule has 1 atom stereocenters. The first-order valence-electron chi connectivity index (χ1n) is 5.82. The third-order valence-corrected chi connectivity index (χ3v) is 2.97. The quantitative estimate of drug-likeness (QED) is 0.807. The highest BCUT2D eigenvalue weighted by Crippen LogP contribution is 2.17. The van der Waals surface area contributed by atoms with Crippen LogP contribution in [0.15, 0.2) is 24.3 Å². The predicted octanol–water partition coefficient (Wildman–Crippen LogP) is 1.50. The maximum Gasteiger partial charge on any atom is 0.228 e. The Morgan fingerprint density at radius 3 is 3.00 bits per heavy atom. The van der Waals surface area contributed by atoms with E-state index in [0.717, 1.165) is 25.9 Å². The fraction of sp³-hybridized carbons (Fsp3) is 0.385. The molecule has 1 heterocycles. The molecule has 2 N–H and O–H groups in total. The average molecular weight is 229 g/mol. The Morgan fingerprint density at radius 1 is 1.47 bits per heavy atom.